The van der Waals surface area contributed by atoms with Crippen molar-refractivity contribution in [2.45, 2.75) is 39.0 Å². The summed E-state index contributed by atoms with van der Waals surface area (Å²) in [6.45, 7) is 25.4. The van der Waals surface area contributed by atoms with E-state index in [0.29, 0.717) is 0 Å². The van der Waals surface area contributed by atoms with Crippen LogP contribution < -0.4 is 0 Å². The topological polar surface area (TPSA) is 25.3 Å². The average molecular weight is 436 g/mol. The van der Waals surface area contributed by atoms with Crippen LogP contribution >= 0.6 is 0 Å². The zero-order valence-electron chi connectivity index (χ0n) is 20.4. The van der Waals surface area contributed by atoms with Crippen LogP contribution in [0.3, 0.4) is 0 Å². The molecule has 0 aromatic heterocycles. The summed E-state index contributed by atoms with van der Waals surface area (Å²) in [5.74, 6) is 1.58. The fourth-order valence-corrected chi connectivity index (χ4v) is 3.65. The van der Waals surface area contributed by atoms with E-state index in [0.717, 1.165) is 60.5 Å². The summed E-state index contributed by atoms with van der Waals surface area (Å²) in [4.78, 5) is 6.20. The van der Waals surface area contributed by atoms with E-state index < -0.39 is 0 Å². The van der Waals surface area contributed by atoms with Gasteiger partial charge in [0.1, 0.15) is 12.2 Å². The van der Waals surface area contributed by atoms with E-state index in [-0.39, 0.29) is 0 Å². The van der Waals surface area contributed by atoms with Gasteiger partial charge in [0.05, 0.1) is 0 Å². The number of hydrogen-bond acceptors (Lipinski definition) is 5. The van der Waals surface area contributed by atoms with Crippen molar-refractivity contribution in [3.05, 3.63) is 85.7 Å². The molecule has 0 bridgehead atoms. The Kier molecular flexibility index (Phi) is 9.63. The average Bonchev–Trinajstić information content (AvgIpc) is 3.43. The van der Waals surface area contributed by atoms with Gasteiger partial charge in [-0.25, -0.2) is 5.01 Å². The lowest BCUT2D eigenvalue weighted by atomic mass is 10.1. The largest absolute Gasteiger partial charge is 0.373 e. The molecule has 0 saturated heterocycles. The molecule has 0 aromatic rings. The minimum atomic E-state index is 0.719. The molecule has 2 rings (SSSR count). The van der Waals surface area contributed by atoms with Crippen LogP contribution in [0.25, 0.3) is 0 Å². The summed E-state index contributed by atoms with van der Waals surface area (Å²) in [7, 11) is 4.09. The molecule has 1 heterocycles. The third-order valence-electron chi connectivity index (χ3n) is 6.28. The van der Waals surface area contributed by atoms with Crippen molar-refractivity contribution in [1.29, 1.82) is 0 Å². The lowest BCUT2D eigenvalue weighted by Crippen LogP contribution is -2.29. The third-order valence-corrected chi connectivity index (χ3v) is 6.28. The summed E-state index contributed by atoms with van der Waals surface area (Å²) in [5, 5.41) is 6.53. The van der Waals surface area contributed by atoms with Gasteiger partial charge in [-0.3, -0.25) is 4.90 Å². The van der Waals surface area contributed by atoms with E-state index in [2.05, 4.69) is 54.7 Å². The summed E-state index contributed by atoms with van der Waals surface area (Å²) < 4.78 is 0. The van der Waals surface area contributed by atoms with Gasteiger partial charge >= 0.3 is 0 Å². The summed E-state index contributed by atoms with van der Waals surface area (Å²) in [6, 6.07) is 0. The molecule has 0 spiro atoms. The Morgan fingerprint density at radius 2 is 1.56 bits per heavy atom. The second-order valence-corrected chi connectivity index (χ2v) is 8.75. The SMILES string of the molecule is C=C(/C=C\C(=C)N(C)CCN(C)C(=C)/C=C\C(=C)N1C=NN(CC2CCCC2)C1=C)CC. The Morgan fingerprint density at radius 3 is 2.12 bits per heavy atom. The van der Waals surface area contributed by atoms with E-state index in [1.54, 1.807) is 6.34 Å². The van der Waals surface area contributed by atoms with Crippen LogP contribution in [-0.2, 0) is 0 Å². The van der Waals surface area contributed by atoms with Gasteiger partial charge in [-0.1, -0.05) is 64.3 Å². The second-order valence-electron chi connectivity index (χ2n) is 8.75. The molecule has 5 nitrogen and oxygen atoms in total. The fraction of sp³-hybridized carbons (Fsp3) is 0.444. The zero-order valence-corrected chi connectivity index (χ0v) is 20.4. The number of hydrazone groups is 1. The standard InChI is InChI=1S/C27H41N5/c1-9-22(2)14-15-23(3)29(7)18-19-30(8)24(4)16-17-25(5)31-21-28-32(26(31)6)20-27-12-10-11-13-27/h14-17,21,27H,2-6,9-13,18-20H2,1,7-8H3/b15-14-,17-16-. The minimum absolute atomic E-state index is 0.719. The highest BCUT2D eigenvalue weighted by Crippen LogP contribution is 2.29. The molecule has 0 unspecified atom stereocenters. The first kappa shape index (κ1) is 25.3. The van der Waals surface area contributed by atoms with Crippen LogP contribution in [0.1, 0.15) is 39.0 Å². The van der Waals surface area contributed by atoms with Crippen LogP contribution in [0.2, 0.25) is 0 Å². The molecule has 0 aromatic carbocycles. The molecule has 0 radical (unpaired) electrons. The van der Waals surface area contributed by atoms with Crippen LogP contribution in [0.4, 0.5) is 0 Å². The molecule has 1 saturated carbocycles. The normalized spacial score (nSPS) is 16.5. The molecule has 2 aliphatic rings. The van der Waals surface area contributed by atoms with Crippen molar-refractivity contribution >= 4 is 6.34 Å². The number of hydrogen-bond donors (Lipinski definition) is 0. The van der Waals surface area contributed by atoms with Gasteiger partial charge in [-0.15, -0.1) is 0 Å². The molecule has 0 amide bonds. The smallest absolute Gasteiger partial charge is 0.127 e. The molecule has 1 aliphatic carbocycles. The highest BCUT2D eigenvalue weighted by atomic mass is 15.6. The predicted octanol–water partition coefficient (Wildman–Crippen LogP) is 5.69. The van der Waals surface area contributed by atoms with E-state index in [1.807, 2.05) is 48.3 Å². The van der Waals surface area contributed by atoms with E-state index in [9.17, 15) is 0 Å². The Balaban J connectivity index is 1.78. The van der Waals surface area contributed by atoms with Crippen LogP contribution in [0, 0.1) is 5.92 Å². The van der Waals surface area contributed by atoms with Crippen LogP contribution in [0.5, 0.6) is 0 Å². The van der Waals surface area contributed by atoms with Crippen LogP contribution in [-0.4, -0.2) is 59.8 Å². The van der Waals surface area contributed by atoms with E-state index in [4.69, 9.17) is 0 Å². The molecular weight excluding hydrogens is 394 g/mol. The molecular formula is C27H41N5. The molecule has 5 heteroatoms. The number of nitrogens with zero attached hydrogens (tertiary/aromatic N) is 5. The molecule has 174 valence electrons. The van der Waals surface area contributed by atoms with Gasteiger partial charge in [0.25, 0.3) is 0 Å². The van der Waals surface area contributed by atoms with Crippen molar-refractivity contribution in [1.82, 2.24) is 19.7 Å². The minimum Gasteiger partial charge on any atom is -0.373 e. The first-order chi connectivity index (χ1) is 15.2. The number of allylic oxidation sites excluding steroid dienone is 5. The Bertz CT molecular complexity index is 810. The monoisotopic (exact) mass is 435 g/mol. The van der Waals surface area contributed by atoms with Gasteiger partial charge in [0.2, 0.25) is 0 Å². The molecule has 1 fully saturated rings. The maximum atomic E-state index is 4.52. The van der Waals surface area contributed by atoms with Gasteiger partial charge < -0.3 is 9.80 Å². The molecule has 1 aliphatic heterocycles. The molecule has 0 N–H and O–H groups in total. The summed E-state index contributed by atoms with van der Waals surface area (Å²) in [5.41, 5.74) is 3.82. The van der Waals surface area contributed by atoms with Crippen LogP contribution in [0.15, 0.2) is 90.8 Å². The van der Waals surface area contributed by atoms with Gasteiger partial charge in [0.15, 0.2) is 0 Å². The van der Waals surface area contributed by atoms with Gasteiger partial charge in [0, 0.05) is 50.8 Å². The van der Waals surface area contributed by atoms with Crippen molar-refractivity contribution < 1.29 is 0 Å². The maximum Gasteiger partial charge on any atom is 0.127 e. The maximum absolute atomic E-state index is 4.52. The number of likely N-dealkylation sites (N-methyl/N-ethyl adjacent to an activating group) is 2. The lowest BCUT2D eigenvalue weighted by molar-refractivity contribution is 0.285. The first-order valence-electron chi connectivity index (χ1n) is 11.6. The predicted molar refractivity (Wildman–Crippen MR) is 139 cm³/mol. The molecule has 32 heavy (non-hydrogen) atoms. The Labute approximate surface area is 195 Å². The Hall–Kier alpha value is -2.95. The third kappa shape index (κ3) is 7.33. The zero-order chi connectivity index (χ0) is 23.7. The quantitative estimate of drug-likeness (QED) is 0.347. The number of rotatable bonds is 13. The van der Waals surface area contributed by atoms with Crippen molar-refractivity contribution in [3.63, 3.8) is 0 Å². The second kappa shape index (κ2) is 12.2. The van der Waals surface area contributed by atoms with Crippen molar-refractivity contribution in [3.8, 4) is 0 Å². The van der Waals surface area contributed by atoms with Crippen molar-refractivity contribution in [2.24, 2.45) is 11.0 Å². The fourth-order valence-electron chi connectivity index (χ4n) is 3.65. The van der Waals surface area contributed by atoms with Crippen molar-refractivity contribution in [2.75, 3.05) is 33.7 Å². The van der Waals surface area contributed by atoms with E-state index in [1.165, 1.54) is 25.7 Å². The Morgan fingerprint density at radius 1 is 1.00 bits per heavy atom. The van der Waals surface area contributed by atoms with E-state index >= 15 is 0 Å². The van der Waals surface area contributed by atoms with Gasteiger partial charge in [-0.2, -0.15) is 5.10 Å². The van der Waals surface area contributed by atoms with Gasteiger partial charge in [-0.05, 0) is 43.4 Å². The summed E-state index contributed by atoms with van der Waals surface area (Å²) >= 11 is 0. The lowest BCUT2D eigenvalue weighted by Gasteiger charge is -2.26. The highest BCUT2D eigenvalue weighted by Gasteiger charge is 2.25. The first-order valence-corrected chi connectivity index (χ1v) is 11.6. The highest BCUT2D eigenvalue weighted by molar-refractivity contribution is 5.64. The molecule has 0 atom stereocenters. The summed E-state index contributed by atoms with van der Waals surface area (Å²) in [6.07, 6.45) is 16.0.